The Morgan fingerprint density at radius 3 is 2.58 bits per heavy atom. The highest BCUT2D eigenvalue weighted by Crippen LogP contribution is 2.14. The van der Waals surface area contributed by atoms with Crippen LogP contribution in [0.5, 0.6) is 0 Å². The molecular weight excluding hydrogens is 268 g/mol. The molecule has 0 unspecified atom stereocenters. The Kier molecular flexibility index (Phi) is 11.2. The number of halogens is 1. The molecule has 2 N–H and O–H groups in total. The van der Waals surface area contributed by atoms with Crippen molar-refractivity contribution in [1.29, 1.82) is 0 Å². The average molecular weight is 295 g/mol. The standard InChI is InChI=1S/C13H26N2O3.ClH/c1-2-9-17-11-13(16)15-7-4-12(5-8-15)18-10-3-6-14;/h12H,2-11,14H2,1H3;1H. The maximum atomic E-state index is 11.8. The highest BCUT2D eigenvalue weighted by molar-refractivity contribution is 5.85. The summed E-state index contributed by atoms with van der Waals surface area (Å²) in [6.07, 6.45) is 3.99. The number of carbonyl (C=O) groups excluding carboxylic acids is 1. The van der Waals surface area contributed by atoms with Gasteiger partial charge in [0.2, 0.25) is 5.91 Å². The van der Waals surface area contributed by atoms with Crippen molar-refractivity contribution in [3.05, 3.63) is 0 Å². The molecule has 0 spiro atoms. The van der Waals surface area contributed by atoms with Crippen LogP contribution in [-0.4, -0.2) is 56.4 Å². The Hall–Kier alpha value is -0.360. The molecule has 1 saturated heterocycles. The molecule has 0 aromatic carbocycles. The maximum Gasteiger partial charge on any atom is 0.248 e. The Bertz CT molecular complexity index is 234. The van der Waals surface area contributed by atoms with Crippen LogP contribution in [0.2, 0.25) is 0 Å². The summed E-state index contributed by atoms with van der Waals surface area (Å²) >= 11 is 0. The smallest absolute Gasteiger partial charge is 0.248 e. The monoisotopic (exact) mass is 294 g/mol. The van der Waals surface area contributed by atoms with E-state index in [9.17, 15) is 4.79 Å². The molecule has 114 valence electrons. The van der Waals surface area contributed by atoms with Gasteiger partial charge in [0.1, 0.15) is 6.61 Å². The molecule has 0 bridgehead atoms. The third kappa shape index (κ3) is 7.72. The van der Waals surface area contributed by atoms with Crippen LogP contribution < -0.4 is 5.73 Å². The number of piperidine rings is 1. The van der Waals surface area contributed by atoms with E-state index in [1.54, 1.807) is 0 Å². The molecule has 6 heteroatoms. The zero-order valence-electron chi connectivity index (χ0n) is 11.8. The van der Waals surface area contributed by atoms with Crippen LogP contribution in [0.4, 0.5) is 0 Å². The molecule has 0 radical (unpaired) electrons. The number of amides is 1. The summed E-state index contributed by atoms with van der Waals surface area (Å²) in [5.41, 5.74) is 5.42. The highest BCUT2D eigenvalue weighted by Gasteiger charge is 2.22. The number of hydrogen-bond donors (Lipinski definition) is 1. The molecule has 0 atom stereocenters. The van der Waals surface area contributed by atoms with Crippen LogP contribution in [0.1, 0.15) is 32.6 Å². The molecule has 1 rings (SSSR count). The molecular formula is C13H27ClN2O3. The number of nitrogens with zero attached hydrogens (tertiary/aromatic N) is 1. The van der Waals surface area contributed by atoms with Crippen LogP contribution in [0.25, 0.3) is 0 Å². The van der Waals surface area contributed by atoms with Crippen molar-refractivity contribution in [2.75, 3.05) is 39.5 Å². The quantitative estimate of drug-likeness (QED) is 0.683. The first-order valence-electron chi connectivity index (χ1n) is 6.95. The average Bonchev–Trinajstić information content (AvgIpc) is 2.40. The summed E-state index contributed by atoms with van der Waals surface area (Å²) in [7, 11) is 0. The number of carbonyl (C=O) groups is 1. The fourth-order valence-electron chi connectivity index (χ4n) is 2.00. The minimum absolute atomic E-state index is 0. The van der Waals surface area contributed by atoms with Crippen LogP contribution in [0.3, 0.4) is 0 Å². The lowest BCUT2D eigenvalue weighted by atomic mass is 10.1. The van der Waals surface area contributed by atoms with E-state index in [0.29, 0.717) is 13.2 Å². The summed E-state index contributed by atoms with van der Waals surface area (Å²) in [6, 6.07) is 0. The van der Waals surface area contributed by atoms with Gasteiger partial charge in [-0.2, -0.15) is 0 Å². The van der Waals surface area contributed by atoms with Crippen molar-refractivity contribution in [3.8, 4) is 0 Å². The molecule has 5 nitrogen and oxygen atoms in total. The second-order valence-corrected chi connectivity index (χ2v) is 4.65. The van der Waals surface area contributed by atoms with Gasteiger partial charge in [0.25, 0.3) is 0 Å². The first-order chi connectivity index (χ1) is 8.77. The van der Waals surface area contributed by atoms with Crippen LogP contribution in [0.15, 0.2) is 0 Å². The Morgan fingerprint density at radius 1 is 1.32 bits per heavy atom. The van der Waals surface area contributed by atoms with Gasteiger partial charge in [-0.15, -0.1) is 12.4 Å². The third-order valence-electron chi connectivity index (χ3n) is 3.07. The molecule has 1 amide bonds. The van der Waals surface area contributed by atoms with Gasteiger partial charge in [-0.1, -0.05) is 6.92 Å². The lowest BCUT2D eigenvalue weighted by molar-refractivity contribution is -0.138. The first-order valence-corrected chi connectivity index (χ1v) is 6.95. The van der Waals surface area contributed by atoms with Gasteiger partial charge in [0.15, 0.2) is 0 Å². The Morgan fingerprint density at radius 2 is 2.00 bits per heavy atom. The van der Waals surface area contributed by atoms with E-state index in [1.165, 1.54) is 0 Å². The van der Waals surface area contributed by atoms with Gasteiger partial charge in [-0.05, 0) is 32.2 Å². The number of hydrogen-bond acceptors (Lipinski definition) is 4. The second kappa shape index (κ2) is 11.5. The topological polar surface area (TPSA) is 64.8 Å². The fraction of sp³-hybridized carbons (Fsp3) is 0.923. The minimum Gasteiger partial charge on any atom is -0.378 e. The molecule has 0 aromatic heterocycles. The molecule has 19 heavy (non-hydrogen) atoms. The Balaban J connectivity index is 0.00000324. The van der Waals surface area contributed by atoms with E-state index < -0.39 is 0 Å². The first kappa shape index (κ1) is 18.6. The van der Waals surface area contributed by atoms with Gasteiger partial charge in [0.05, 0.1) is 6.10 Å². The molecule has 1 aliphatic heterocycles. The molecule has 1 fully saturated rings. The normalized spacial score (nSPS) is 16.2. The van der Waals surface area contributed by atoms with Gasteiger partial charge in [0, 0.05) is 26.3 Å². The third-order valence-corrected chi connectivity index (χ3v) is 3.07. The van der Waals surface area contributed by atoms with Crippen molar-refractivity contribution < 1.29 is 14.3 Å². The van der Waals surface area contributed by atoms with Crippen molar-refractivity contribution in [3.63, 3.8) is 0 Å². The molecule has 0 aromatic rings. The molecule has 0 aliphatic carbocycles. The van der Waals surface area contributed by atoms with E-state index in [0.717, 1.165) is 45.4 Å². The van der Waals surface area contributed by atoms with Crippen molar-refractivity contribution >= 4 is 18.3 Å². The zero-order chi connectivity index (χ0) is 13.2. The largest absolute Gasteiger partial charge is 0.378 e. The molecule has 1 heterocycles. The SMILES string of the molecule is CCCOCC(=O)N1CCC(OCCCN)CC1.Cl. The zero-order valence-corrected chi connectivity index (χ0v) is 12.6. The number of nitrogens with two attached hydrogens (primary N) is 1. The van der Waals surface area contributed by atoms with Crippen LogP contribution in [-0.2, 0) is 14.3 Å². The lowest BCUT2D eigenvalue weighted by Gasteiger charge is -2.31. The summed E-state index contributed by atoms with van der Waals surface area (Å²) < 4.78 is 11.0. The van der Waals surface area contributed by atoms with E-state index in [2.05, 4.69) is 0 Å². The number of ether oxygens (including phenoxy) is 2. The molecule has 1 aliphatic rings. The van der Waals surface area contributed by atoms with Crippen LogP contribution >= 0.6 is 12.4 Å². The number of rotatable bonds is 8. The highest BCUT2D eigenvalue weighted by atomic mass is 35.5. The van der Waals surface area contributed by atoms with E-state index >= 15 is 0 Å². The second-order valence-electron chi connectivity index (χ2n) is 4.65. The maximum absolute atomic E-state index is 11.8. The van der Waals surface area contributed by atoms with Crippen LogP contribution in [0, 0.1) is 0 Å². The predicted molar refractivity (Wildman–Crippen MR) is 77.6 cm³/mol. The fourth-order valence-corrected chi connectivity index (χ4v) is 2.00. The molecule has 0 saturated carbocycles. The van der Waals surface area contributed by atoms with E-state index in [1.807, 2.05) is 11.8 Å². The van der Waals surface area contributed by atoms with Gasteiger partial charge in [-0.25, -0.2) is 0 Å². The van der Waals surface area contributed by atoms with E-state index in [4.69, 9.17) is 15.2 Å². The minimum atomic E-state index is 0. The lowest BCUT2D eigenvalue weighted by Crippen LogP contribution is -2.42. The summed E-state index contributed by atoms with van der Waals surface area (Å²) in [5, 5.41) is 0. The van der Waals surface area contributed by atoms with E-state index in [-0.39, 0.29) is 31.0 Å². The predicted octanol–water partition coefficient (Wildman–Crippen LogP) is 1.19. The summed E-state index contributed by atoms with van der Waals surface area (Å²) in [5.74, 6) is 0.101. The summed E-state index contributed by atoms with van der Waals surface area (Å²) in [6.45, 7) is 5.87. The van der Waals surface area contributed by atoms with Gasteiger partial charge in [-0.3, -0.25) is 4.79 Å². The van der Waals surface area contributed by atoms with Crippen molar-refractivity contribution in [2.24, 2.45) is 5.73 Å². The van der Waals surface area contributed by atoms with Crippen molar-refractivity contribution in [1.82, 2.24) is 4.90 Å². The summed E-state index contributed by atoms with van der Waals surface area (Å²) in [4.78, 5) is 13.7. The number of likely N-dealkylation sites (tertiary alicyclic amines) is 1. The Labute approximate surface area is 122 Å². The van der Waals surface area contributed by atoms with Gasteiger partial charge >= 0.3 is 0 Å². The van der Waals surface area contributed by atoms with Gasteiger partial charge < -0.3 is 20.1 Å². The van der Waals surface area contributed by atoms with Crippen molar-refractivity contribution in [2.45, 2.75) is 38.7 Å².